The lowest BCUT2D eigenvalue weighted by atomic mass is 10.1. The van der Waals surface area contributed by atoms with Crippen LogP contribution in [0.3, 0.4) is 0 Å². The van der Waals surface area contributed by atoms with Crippen molar-refractivity contribution in [3.63, 3.8) is 0 Å². The van der Waals surface area contributed by atoms with Crippen LogP contribution in [0.5, 0.6) is 11.5 Å². The first-order chi connectivity index (χ1) is 15.4. The number of rotatable bonds is 10. The van der Waals surface area contributed by atoms with E-state index in [0.717, 1.165) is 12.0 Å². The molecule has 0 radical (unpaired) electrons. The Labute approximate surface area is 192 Å². The molecule has 0 atom stereocenters. The number of benzene rings is 2. The van der Waals surface area contributed by atoms with E-state index in [0.29, 0.717) is 17.9 Å². The molecule has 168 valence electrons. The van der Waals surface area contributed by atoms with Gasteiger partial charge in [-0.25, -0.2) is 4.79 Å². The fourth-order valence-corrected chi connectivity index (χ4v) is 3.02. The van der Waals surface area contributed by atoms with E-state index < -0.39 is 11.9 Å². The number of ether oxygens (including phenoxy) is 3. The molecule has 0 aliphatic carbocycles. The molecular formula is C24H25ClN2O5. The first kappa shape index (κ1) is 24.8. The molecule has 0 aliphatic rings. The third-order valence-corrected chi connectivity index (χ3v) is 4.55. The van der Waals surface area contributed by atoms with Crippen molar-refractivity contribution in [1.82, 2.24) is 0 Å². The predicted molar refractivity (Wildman–Crippen MR) is 123 cm³/mol. The van der Waals surface area contributed by atoms with E-state index >= 15 is 0 Å². The highest BCUT2D eigenvalue weighted by molar-refractivity contribution is 6.32. The van der Waals surface area contributed by atoms with Crippen LogP contribution in [0.2, 0.25) is 5.02 Å². The highest BCUT2D eigenvalue weighted by Gasteiger charge is 2.16. The summed E-state index contributed by atoms with van der Waals surface area (Å²) in [5.74, 6) is -0.625. The average Bonchev–Trinajstić information content (AvgIpc) is 2.77. The first-order valence-corrected chi connectivity index (χ1v) is 10.6. The number of esters is 1. The summed E-state index contributed by atoms with van der Waals surface area (Å²) in [5.41, 5.74) is 2.09. The van der Waals surface area contributed by atoms with E-state index in [1.165, 1.54) is 12.1 Å². The Kier molecular flexibility index (Phi) is 9.58. The molecule has 2 aromatic rings. The van der Waals surface area contributed by atoms with Crippen LogP contribution in [0.25, 0.3) is 6.08 Å². The number of aryl methyl sites for hydroxylation is 1. The zero-order valence-electron chi connectivity index (χ0n) is 18.2. The van der Waals surface area contributed by atoms with Crippen LogP contribution in [0.4, 0.5) is 5.69 Å². The van der Waals surface area contributed by atoms with Crippen LogP contribution in [0, 0.1) is 11.3 Å². The Morgan fingerprint density at radius 2 is 1.81 bits per heavy atom. The van der Waals surface area contributed by atoms with Crippen molar-refractivity contribution in [2.45, 2.75) is 27.2 Å². The number of nitrogens with one attached hydrogen (secondary N) is 1. The van der Waals surface area contributed by atoms with Crippen LogP contribution in [-0.4, -0.2) is 31.7 Å². The number of halogens is 1. The van der Waals surface area contributed by atoms with Gasteiger partial charge in [0.1, 0.15) is 11.6 Å². The second kappa shape index (κ2) is 12.4. The second-order valence-corrected chi connectivity index (χ2v) is 6.94. The fourth-order valence-electron chi connectivity index (χ4n) is 2.75. The Morgan fingerprint density at radius 3 is 2.41 bits per heavy atom. The zero-order valence-corrected chi connectivity index (χ0v) is 19.0. The van der Waals surface area contributed by atoms with Crippen molar-refractivity contribution in [2.75, 3.05) is 25.1 Å². The molecule has 1 N–H and O–H groups in total. The average molecular weight is 457 g/mol. The maximum Gasteiger partial charge on any atom is 0.344 e. The number of amides is 1. The van der Waals surface area contributed by atoms with Gasteiger partial charge in [0.05, 0.1) is 18.2 Å². The van der Waals surface area contributed by atoms with Crippen LogP contribution in [0.15, 0.2) is 42.0 Å². The largest absolute Gasteiger partial charge is 0.490 e. The lowest BCUT2D eigenvalue weighted by molar-refractivity contribution is -0.145. The van der Waals surface area contributed by atoms with Crippen LogP contribution >= 0.6 is 11.6 Å². The highest BCUT2D eigenvalue weighted by atomic mass is 35.5. The minimum absolute atomic E-state index is 0.108. The Morgan fingerprint density at radius 1 is 1.09 bits per heavy atom. The maximum absolute atomic E-state index is 12.6. The van der Waals surface area contributed by atoms with E-state index in [4.69, 9.17) is 25.8 Å². The topological polar surface area (TPSA) is 97.7 Å². The molecular weight excluding hydrogens is 432 g/mol. The molecule has 0 aromatic heterocycles. The number of carbonyl (C=O) groups excluding carboxylic acids is 2. The summed E-state index contributed by atoms with van der Waals surface area (Å²) in [7, 11) is 0. The number of hydrogen-bond acceptors (Lipinski definition) is 6. The molecule has 0 saturated carbocycles. The lowest BCUT2D eigenvalue weighted by Crippen LogP contribution is -2.15. The standard InChI is InChI=1S/C24H25ClN2O5/c1-4-16-7-9-19(10-8-16)27-24(29)18(14-26)11-17-12-20(25)23(21(13-17)30-5-2)32-15-22(28)31-6-3/h7-13H,4-6,15H2,1-3H3,(H,27,29)/b18-11+. The van der Waals surface area contributed by atoms with Gasteiger partial charge in [-0.05, 0) is 61.7 Å². The van der Waals surface area contributed by atoms with Gasteiger partial charge in [-0.3, -0.25) is 4.79 Å². The molecule has 0 unspecified atom stereocenters. The van der Waals surface area contributed by atoms with Crippen LogP contribution < -0.4 is 14.8 Å². The van der Waals surface area contributed by atoms with E-state index in [1.54, 1.807) is 32.0 Å². The van der Waals surface area contributed by atoms with Gasteiger partial charge in [-0.1, -0.05) is 30.7 Å². The van der Waals surface area contributed by atoms with Gasteiger partial charge in [0.2, 0.25) is 0 Å². The summed E-state index contributed by atoms with van der Waals surface area (Å²) in [6.07, 6.45) is 2.29. The van der Waals surface area contributed by atoms with E-state index in [-0.39, 0.29) is 35.3 Å². The number of carbonyl (C=O) groups is 2. The summed E-state index contributed by atoms with van der Waals surface area (Å²) in [4.78, 5) is 24.1. The SMILES string of the molecule is CCOC(=O)COc1c(Cl)cc(/C=C(\C#N)C(=O)Nc2ccc(CC)cc2)cc1OCC. The molecule has 2 rings (SSSR count). The minimum Gasteiger partial charge on any atom is -0.490 e. The molecule has 8 heteroatoms. The van der Waals surface area contributed by atoms with Crippen molar-refractivity contribution in [1.29, 1.82) is 5.26 Å². The molecule has 7 nitrogen and oxygen atoms in total. The van der Waals surface area contributed by atoms with Gasteiger partial charge in [-0.15, -0.1) is 0 Å². The molecule has 0 aliphatic heterocycles. The molecule has 0 heterocycles. The van der Waals surface area contributed by atoms with E-state index in [9.17, 15) is 14.9 Å². The van der Waals surface area contributed by atoms with Gasteiger partial charge >= 0.3 is 5.97 Å². The molecule has 0 bridgehead atoms. The van der Waals surface area contributed by atoms with Crippen molar-refractivity contribution < 1.29 is 23.8 Å². The van der Waals surface area contributed by atoms with Crippen LogP contribution in [0.1, 0.15) is 31.9 Å². The van der Waals surface area contributed by atoms with E-state index in [2.05, 4.69) is 5.32 Å². The third kappa shape index (κ3) is 7.03. The molecule has 0 fully saturated rings. The Bertz CT molecular complexity index is 1030. The van der Waals surface area contributed by atoms with Gasteiger partial charge in [0.25, 0.3) is 5.91 Å². The third-order valence-electron chi connectivity index (χ3n) is 4.27. The summed E-state index contributed by atoms with van der Waals surface area (Å²) in [5, 5.41) is 12.4. The maximum atomic E-state index is 12.6. The molecule has 32 heavy (non-hydrogen) atoms. The second-order valence-electron chi connectivity index (χ2n) is 6.53. The number of hydrogen-bond donors (Lipinski definition) is 1. The Hall–Kier alpha value is -3.50. The summed E-state index contributed by atoms with van der Waals surface area (Å²) in [6, 6.07) is 12.4. The summed E-state index contributed by atoms with van der Waals surface area (Å²) in [6.45, 7) is 5.74. The smallest absolute Gasteiger partial charge is 0.344 e. The highest BCUT2D eigenvalue weighted by Crippen LogP contribution is 2.37. The Balaban J connectivity index is 2.26. The van der Waals surface area contributed by atoms with Gasteiger partial charge in [0.15, 0.2) is 18.1 Å². The van der Waals surface area contributed by atoms with Gasteiger partial charge < -0.3 is 19.5 Å². The molecule has 1 amide bonds. The molecule has 2 aromatic carbocycles. The first-order valence-electron chi connectivity index (χ1n) is 10.2. The van der Waals surface area contributed by atoms with Crippen molar-refractivity contribution in [2.24, 2.45) is 0 Å². The number of anilines is 1. The lowest BCUT2D eigenvalue weighted by Gasteiger charge is -2.14. The number of nitrogens with zero attached hydrogens (tertiary/aromatic N) is 1. The molecule has 0 saturated heterocycles. The monoisotopic (exact) mass is 456 g/mol. The number of nitriles is 1. The van der Waals surface area contributed by atoms with Crippen LogP contribution in [-0.2, 0) is 20.7 Å². The fraction of sp³-hybridized carbons (Fsp3) is 0.292. The summed E-state index contributed by atoms with van der Waals surface area (Å²) >= 11 is 6.33. The van der Waals surface area contributed by atoms with E-state index in [1.807, 2.05) is 25.1 Å². The van der Waals surface area contributed by atoms with Crippen molar-refractivity contribution in [3.8, 4) is 17.6 Å². The van der Waals surface area contributed by atoms with Crippen molar-refractivity contribution >= 4 is 35.2 Å². The van der Waals surface area contributed by atoms with Gasteiger partial charge in [-0.2, -0.15) is 5.26 Å². The van der Waals surface area contributed by atoms with Crippen molar-refractivity contribution in [3.05, 3.63) is 58.1 Å². The summed E-state index contributed by atoms with van der Waals surface area (Å²) < 4.78 is 15.9. The predicted octanol–water partition coefficient (Wildman–Crippen LogP) is 4.79. The minimum atomic E-state index is -0.548. The zero-order chi connectivity index (χ0) is 23.5. The normalized spacial score (nSPS) is 10.8. The molecule has 0 spiro atoms. The quantitative estimate of drug-likeness (QED) is 0.313. The van der Waals surface area contributed by atoms with Gasteiger partial charge in [0, 0.05) is 5.69 Å².